The summed E-state index contributed by atoms with van der Waals surface area (Å²) in [5.41, 5.74) is 2.35. The summed E-state index contributed by atoms with van der Waals surface area (Å²) in [7, 11) is 1.67. The number of hydrogen-bond acceptors (Lipinski definition) is 2. The molecule has 1 unspecified atom stereocenters. The number of thiophene rings is 1. The third-order valence-electron chi connectivity index (χ3n) is 2.48. The maximum atomic E-state index is 6.44. The third kappa shape index (κ3) is 2.23. The zero-order valence-corrected chi connectivity index (χ0v) is 10.8. The summed E-state index contributed by atoms with van der Waals surface area (Å²) < 4.78 is 5.28. The molecule has 2 rings (SSSR count). The highest BCUT2D eigenvalue weighted by Gasteiger charge is 2.16. The molecule has 1 aromatic heterocycles. The normalized spacial score (nSPS) is 12.4. The number of alkyl halides is 1. The van der Waals surface area contributed by atoms with Gasteiger partial charge in [0, 0.05) is 0 Å². The van der Waals surface area contributed by atoms with Crippen molar-refractivity contribution in [2.24, 2.45) is 0 Å². The van der Waals surface area contributed by atoms with Crippen LogP contribution in [-0.4, -0.2) is 7.11 Å². The minimum absolute atomic E-state index is 0.129. The Morgan fingerprint density at radius 2 is 1.88 bits per heavy atom. The first kappa shape index (κ1) is 11.5. The molecule has 0 saturated carbocycles. The lowest BCUT2D eigenvalue weighted by atomic mass is 10.1. The average Bonchev–Trinajstić information content (AvgIpc) is 2.77. The minimum Gasteiger partial charge on any atom is -0.496 e. The van der Waals surface area contributed by atoms with E-state index >= 15 is 0 Å². The van der Waals surface area contributed by atoms with Gasteiger partial charge in [-0.05, 0) is 23.9 Å². The second-order valence-corrected chi connectivity index (χ2v) is 5.01. The number of methoxy groups -OCH3 is 1. The van der Waals surface area contributed by atoms with Crippen molar-refractivity contribution in [3.8, 4) is 5.75 Å². The summed E-state index contributed by atoms with van der Waals surface area (Å²) >= 11 is 8.06. The number of hydrogen-bond donors (Lipinski definition) is 0. The molecular formula is C13H13ClOS. The van der Waals surface area contributed by atoms with E-state index in [0.717, 1.165) is 16.2 Å². The summed E-state index contributed by atoms with van der Waals surface area (Å²) in [5, 5.41) is 1.87. The van der Waals surface area contributed by atoms with Gasteiger partial charge in [-0.3, -0.25) is 0 Å². The predicted molar refractivity (Wildman–Crippen MR) is 69.7 cm³/mol. The molecule has 0 aliphatic heterocycles. The zero-order chi connectivity index (χ0) is 11.5. The van der Waals surface area contributed by atoms with Crippen molar-refractivity contribution < 1.29 is 4.74 Å². The van der Waals surface area contributed by atoms with E-state index in [1.807, 2.05) is 11.4 Å². The Bertz CT molecular complexity index is 461. The van der Waals surface area contributed by atoms with Crippen LogP contribution in [0.2, 0.25) is 0 Å². The lowest BCUT2D eigenvalue weighted by Gasteiger charge is -2.10. The molecule has 1 heterocycles. The van der Waals surface area contributed by atoms with Gasteiger partial charge in [-0.2, -0.15) is 0 Å². The minimum atomic E-state index is -0.129. The molecule has 1 atom stereocenters. The van der Waals surface area contributed by atoms with E-state index in [1.165, 1.54) is 5.56 Å². The van der Waals surface area contributed by atoms with E-state index in [2.05, 4.69) is 31.2 Å². The van der Waals surface area contributed by atoms with Gasteiger partial charge < -0.3 is 4.74 Å². The molecule has 0 bridgehead atoms. The molecule has 0 amide bonds. The monoisotopic (exact) mass is 252 g/mol. The van der Waals surface area contributed by atoms with Gasteiger partial charge in [-0.25, -0.2) is 0 Å². The highest BCUT2D eigenvalue weighted by molar-refractivity contribution is 7.10. The summed E-state index contributed by atoms with van der Waals surface area (Å²) in [5.74, 6) is 0.866. The van der Waals surface area contributed by atoms with Crippen LogP contribution in [0.5, 0.6) is 5.75 Å². The summed E-state index contributed by atoms with van der Waals surface area (Å²) in [6.45, 7) is 2.07. The number of rotatable bonds is 3. The Morgan fingerprint density at radius 1 is 1.19 bits per heavy atom. The molecule has 0 N–H and O–H groups in total. The molecule has 0 aliphatic rings. The Hall–Kier alpha value is -0.990. The van der Waals surface area contributed by atoms with E-state index in [-0.39, 0.29) is 5.38 Å². The van der Waals surface area contributed by atoms with Gasteiger partial charge in [-0.15, -0.1) is 22.9 Å². The maximum Gasteiger partial charge on any atom is 0.134 e. The van der Waals surface area contributed by atoms with Crippen LogP contribution in [-0.2, 0) is 0 Å². The van der Waals surface area contributed by atoms with Crippen molar-refractivity contribution in [2.75, 3.05) is 7.11 Å². The molecule has 0 radical (unpaired) electrons. The van der Waals surface area contributed by atoms with Crippen molar-refractivity contribution in [1.82, 2.24) is 0 Å². The zero-order valence-electron chi connectivity index (χ0n) is 9.24. The number of benzene rings is 1. The fourth-order valence-corrected chi connectivity index (χ4v) is 2.82. The average molecular weight is 253 g/mol. The van der Waals surface area contributed by atoms with Crippen LogP contribution in [0.25, 0.3) is 0 Å². The molecule has 84 valence electrons. The van der Waals surface area contributed by atoms with Gasteiger partial charge in [-0.1, -0.05) is 29.8 Å². The topological polar surface area (TPSA) is 9.23 Å². The molecule has 1 nitrogen and oxygen atoms in total. The van der Waals surface area contributed by atoms with Crippen LogP contribution >= 0.6 is 22.9 Å². The van der Waals surface area contributed by atoms with E-state index in [1.54, 1.807) is 18.4 Å². The Morgan fingerprint density at radius 3 is 2.50 bits per heavy atom. The summed E-state index contributed by atoms with van der Waals surface area (Å²) in [6, 6.07) is 10.2. The van der Waals surface area contributed by atoms with Gasteiger partial charge >= 0.3 is 0 Å². The van der Waals surface area contributed by atoms with Gasteiger partial charge in [0.15, 0.2) is 0 Å². The molecular weight excluding hydrogens is 240 g/mol. The highest BCUT2D eigenvalue weighted by Crippen LogP contribution is 2.38. The van der Waals surface area contributed by atoms with Crippen molar-refractivity contribution in [3.63, 3.8) is 0 Å². The van der Waals surface area contributed by atoms with Crippen molar-refractivity contribution in [3.05, 3.63) is 51.7 Å². The van der Waals surface area contributed by atoms with E-state index in [9.17, 15) is 0 Å². The smallest absolute Gasteiger partial charge is 0.134 e. The lowest BCUT2D eigenvalue weighted by Crippen LogP contribution is -1.93. The SMILES string of the molecule is COc1ccsc1C(Cl)c1ccc(C)cc1. The first-order valence-corrected chi connectivity index (χ1v) is 6.36. The Balaban J connectivity index is 2.31. The molecule has 16 heavy (non-hydrogen) atoms. The van der Waals surface area contributed by atoms with Gasteiger partial charge in [0.05, 0.1) is 17.4 Å². The van der Waals surface area contributed by atoms with E-state index in [0.29, 0.717) is 0 Å². The van der Waals surface area contributed by atoms with Crippen LogP contribution in [0.3, 0.4) is 0 Å². The number of aryl methyl sites for hydroxylation is 1. The molecule has 0 aliphatic carbocycles. The Kier molecular flexibility index (Phi) is 3.52. The first-order chi connectivity index (χ1) is 7.72. The fraction of sp³-hybridized carbons (Fsp3) is 0.231. The molecule has 2 aromatic rings. The quantitative estimate of drug-likeness (QED) is 0.736. The standard InChI is InChI=1S/C13H13ClOS/c1-9-3-5-10(6-4-9)12(14)13-11(15-2)7-8-16-13/h3-8,12H,1-2H3. The Labute approximate surface area is 105 Å². The van der Waals surface area contributed by atoms with E-state index < -0.39 is 0 Å². The molecule has 3 heteroatoms. The van der Waals surface area contributed by atoms with Gasteiger partial charge in [0.1, 0.15) is 5.75 Å². The summed E-state index contributed by atoms with van der Waals surface area (Å²) in [4.78, 5) is 1.06. The maximum absolute atomic E-state index is 6.44. The third-order valence-corrected chi connectivity index (χ3v) is 4.04. The van der Waals surface area contributed by atoms with Crippen molar-refractivity contribution >= 4 is 22.9 Å². The first-order valence-electron chi connectivity index (χ1n) is 5.04. The van der Waals surface area contributed by atoms with Crippen LogP contribution < -0.4 is 4.74 Å². The molecule has 0 spiro atoms. The molecule has 1 aromatic carbocycles. The van der Waals surface area contributed by atoms with E-state index in [4.69, 9.17) is 16.3 Å². The van der Waals surface area contributed by atoms with Crippen LogP contribution in [0.15, 0.2) is 35.7 Å². The van der Waals surface area contributed by atoms with Crippen LogP contribution in [0.4, 0.5) is 0 Å². The van der Waals surface area contributed by atoms with Crippen LogP contribution in [0, 0.1) is 6.92 Å². The highest BCUT2D eigenvalue weighted by atomic mass is 35.5. The van der Waals surface area contributed by atoms with Crippen molar-refractivity contribution in [1.29, 1.82) is 0 Å². The van der Waals surface area contributed by atoms with Gasteiger partial charge in [0.2, 0.25) is 0 Å². The molecule has 0 saturated heterocycles. The number of ether oxygens (including phenoxy) is 1. The largest absolute Gasteiger partial charge is 0.496 e. The van der Waals surface area contributed by atoms with Gasteiger partial charge in [0.25, 0.3) is 0 Å². The number of halogens is 1. The van der Waals surface area contributed by atoms with Crippen LogP contribution in [0.1, 0.15) is 21.4 Å². The fourth-order valence-electron chi connectivity index (χ4n) is 1.55. The summed E-state index contributed by atoms with van der Waals surface area (Å²) in [6.07, 6.45) is 0. The second kappa shape index (κ2) is 4.89. The predicted octanol–water partition coefficient (Wildman–Crippen LogP) is 4.39. The lowest BCUT2D eigenvalue weighted by molar-refractivity contribution is 0.413. The van der Waals surface area contributed by atoms with Crippen molar-refractivity contribution in [2.45, 2.75) is 12.3 Å². The second-order valence-electron chi connectivity index (χ2n) is 3.63. The molecule has 0 fully saturated rings.